The van der Waals surface area contributed by atoms with Gasteiger partial charge in [0.05, 0.1) is 0 Å². The molecule has 0 bridgehead atoms. The van der Waals surface area contributed by atoms with Crippen molar-refractivity contribution in [3.05, 3.63) is 91.4 Å². The molecular weight excluding hydrogens is 996 g/mol. The Kier molecular flexibility index (Phi) is 15.7. The number of nitrogens with zero attached hydrogens (tertiary/aromatic N) is 3. The number of rotatable bonds is 18. The molecule has 10 heteroatoms. The summed E-state index contributed by atoms with van der Waals surface area (Å²) in [4.78, 5) is 0. The topological polar surface area (TPSA) is 42.5 Å². The molecular formula is C51H75BiN3O3Si3. The molecule has 0 fully saturated rings. The van der Waals surface area contributed by atoms with E-state index in [2.05, 4.69) is 207 Å². The van der Waals surface area contributed by atoms with Gasteiger partial charge in [-0.15, -0.1) is 0 Å². The van der Waals surface area contributed by atoms with Gasteiger partial charge in [-0.2, -0.15) is 0 Å². The minimum absolute atomic E-state index is 0.0471. The summed E-state index contributed by atoms with van der Waals surface area (Å²) in [6.45, 7) is 34.5. The molecule has 3 heterocycles. The molecule has 3 atom stereocenters. The van der Waals surface area contributed by atoms with Crippen LogP contribution < -0.4 is 9.81 Å². The third-order valence-electron chi connectivity index (χ3n) is 11.4. The van der Waals surface area contributed by atoms with Crippen LogP contribution in [0.5, 0.6) is 0 Å². The Morgan fingerprint density at radius 1 is 0.426 bits per heavy atom. The number of hydrogen-bond acceptors (Lipinski definition) is 3. The van der Waals surface area contributed by atoms with Crippen LogP contribution in [0.3, 0.4) is 0 Å². The van der Waals surface area contributed by atoms with Gasteiger partial charge in [0.2, 0.25) is 0 Å². The third kappa shape index (κ3) is 12.9. The zero-order valence-corrected chi connectivity index (χ0v) is 46.6. The Hall–Kier alpha value is -2.31. The Labute approximate surface area is 382 Å². The molecule has 61 heavy (non-hydrogen) atoms. The third-order valence-corrected chi connectivity index (χ3v) is 22.9. The average Bonchev–Trinajstić information content (AvgIpc) is 3.89. The van der Waals surface area contributed by atoms with Crippen molar-refractivity contribution in [2.24, 2.45) is 16.2 Å². The molecule has 0 aliphatic heterocycles. The monoisotopic (exact) mass is 1070 g/mol. The van der Waals surface area contributed by atoms with Gasteiger partial charge >= 0.3 is 385 Å². The van der Waals surface area contributed by atoms with Crippen LogP contribution in [0.15, 0.2) is 91.4 Å². The molecule has 6 nitrogen and oxygen atoms in total. The molecule has 6 aromatic rings. The van der Waals surface area contributed by atoms with E-state index in [1.165, 1.54) is 42.5 Å². The van der Waals surface area contributed by atoms with Crippen molar-refractivity contribution in [3.63, 3.8) is 0 Å². The number of aromatic nitrogens is 3. The summed E-state index contributed by atoms with van der Waals surface area (Å²) in [5, 5.41) is 3.90. The molecule has 0 saturated carbocycles. The van der Waals surface area contributed by atoms with Gasteiger partial charge in [-0.05, 0) is 0 Å². The first-order chi connectivity index (χ1) is 28.5. The maximum atomic E-state index is 6.70. The molecule has 3 aromatic heterocycles. The van der Waals surface area contributed by atoms with E-state index in [1.807, 2.05) is 0 Å². The van der Waals surface area contributed by atoms with Gasteiger partial charge in [0.25, 0.3) is 0 Å². The molecule has 0 amide bonds. The van der Waals surface area contributed by atoms with Crippen LogP contribution in [0.25, 0.3) is 32.7 Å². The van der Waals surface area contributed by atoms with Crippen LogP contribution in [0.1, 0.15) is 120 Å². The van der Waals surface area contributed by atoms with Gasteiger partial charge in [-0.25, -0.2) is 0 Å². The first-order valence-corrected chi connectivity index (χ1v) is 35.0. The van der Waals surface area contributed by atoms with Gasteiger partial charge in [0.15, 0.2) is 0 Å². The fourth-order valence-electron chi connectivity index (χ4n) is 8.32. The van der Waals surface area contributed by atoms with Crippen molar-refractivity contribution >= 4 is 91.4 Å². The SMILES string of the molecule is C[Si](C)OC(CCC(C)(C)C)n1ccc2c[c]([Bi]([c]3ccc4c(ccn4C(CCC(C)(C)C)O[Si](C)C)c3)[c]3ccc4c(ccn4C(CCC(C)(C)C)O[Si](C)C)c3)ccc21. The van der Waals surface area contributed by atoms with Gasteiger partial charge in [-0.1, -0.05) is 0 Å². The summed E-state index contributed by atoms with van der Waals surface area (Å²) in [5.74, 6) is 0. The predicted octanol–water partition coefficient (Wildman–Crippen LogP) is 12.8. The van der Waals surface area contributed by atoms with Crippen LogP contribution in [-0.2, 0) is 13.3 Å². The summed E-state index contributed by atoms with van der Waals surface area (Å²) in [6, 6.07) is 29.1. The molecule has 3 radical (unpaired) electrons. The van der Waals surface area contributed by atoms with Crippen LogP contribution in [-0.4, -0.2) is 62.6 Å². The zero-order chi connectivity index (χ0) is 44.4. The molecule has 3 unspecified atom stereocenters. The molecule has 6 rings (SSSR count). The molecule has 0 saturated heterocycles. The van der Waals surface area contributed by atoms with E-state index < -0.39 is 48.9 Å². The first kappa shape index (κ1) is 48.2. The second-order valence-corrected chi connectivity index (χ2v) is 36.3. The van der Waals surface area contributed by atoms with Crippen LogP contribution in [0, 0.1) is 16.2 Å². The quantitative estimate of drug-likeness (QED) is 0.0806. The molecule has 0 aliphatic carbocycles. The van der Waals surface area contributed by atoms with E-state index in [4.69, 9.17) is 13.3 Å². The van der Waals surface area contributed by atoms with Crippen molar-refractivity contribution in [2.45, 2.75) is 159 Å². The van der Waals surface area contributed by atoms with Crippen molar-refractivity contribution < 1.29 is 13.3 Å². The van der Waals surface area contributed by atoms with Crippen LogP contribution >= 0.6 is 0 Å². The van der Waals surface area contributed by atoms with Gasteiger partial charge < -0.3 is 0 Å². The summed E-state index contributed by atoms with van der Waals surface area (Å²) in [5.41, 5.74) is 4.55. The van der Waals surface area contributed by atoms with E-state index in [0.717, 1.165) is 38.5 Å². The zero-order valence-electron chi connectivity index (χ0n) is 40.1. The second-order valence-electron chi connectivity index (χ2n) is 21.5. The van der Waals surface area contributed by atoms with Crippen molar-refractivity contribution in [1.82, 2.24) is 13.7 Å². The van der Waals surface area contributed by atoms with Crippen LogP contribution in [0.4, 0.5) is 0 Å². The predicted molar refractivity (Wildman–Crippen MR) is 269 cm³/mol. The Morgan fingerprint density at radius 3 is 0.918 bits per heavy atom. The van der Waals surface area contributed by atoms with E-state index in [1.54, 1.807) is 0 Å². The minimum atomic E-state index is -2.89. The second kappa shape index (κ2) is 19.8. The van der Waals surface area contributed by atoms with E-state index in [-0.39, 0.29) is 34.9 Å². The maximum absolute atomic E-state index is 6.70. The van der Waals surface area contributed by atoms with Crippen molar-refractivity contribution in [3.8, 4) is 0 Å². The summed E-state index contributed by atoms with van der Waals surface area (Å²) < 4.78 is 31.8. The average molecular weight is 1070 g/mol. The fourth-order valence-corrected chi connectivity index (χ4v) is 19.9. The van der Waals surface area contributed by atoms with Crippen LogP contribution in [0.2, 0.25) is 39.3 Å². The molecule has 0 aliphatic rings. The molecule has 3 aromatic carbocycles. The van der Waals surface area contributed by atoms with Gasteiger partial charge in [0, 0.05) is 0 Å². The molecule has 0 spiro atoms. The normalized spacial score (nSPS) is 14.8. The van der Waals surface area contributed by atoms with Gasteiger partial charge in [0.1, 0.15) is 0 Å². The summed E-state index contributed by atoms with van der Waals surface area (Å²) >= 11 is -2.89. The van der Waals surface area contributed by atoms with E-state index >= 15 is 0 Å². The number of hydrogen-bond donors (Lipinski definition) is 0. The Bertz CT molecular complexity index is 2100. The Balaban J connectivity index is 1.45. The van der Waals surface area contributed by atoms with E-state index in [0.29, 0.717) is 0 Å². The number of benzene rings is 3. The summed E-state index contributed by atoms with van der Waals surface area (Å²) in [6.07, 6.45) is 13.3. The van der Waals surface area contributed by atoms with E-state index in [9.17, 15) is 0 Å². The molecule has 0 N–H and O–H groups in total. The Morgan fingerprint density at radius 2 is 0.689 bits per heavy atom. The molecule has 329 valence electrons. The van der Waals surface area contributed by atoms with Crippen molar-refractivity contribution in [1.29, 1.82) is 0 Å². The fraction of sp³-hybridized carbons (Fsp3) is 0.529. The summed E-state index contributed by atoms with van der Waals surface area (Å²) in [7, 11) is -2.66. The van der Waals surface area contributed by atoms with Crippen molar-refractivity contribution in [2.75, 3.05) is 0 Å². The number of fused-ring (bicyclic) bond motifs is 3. The van der Waals surface area contributed by atoms with Gasteiger partial charge in [-0.3, -0.25) is 0 Å². The standard InChI is InChI=1S/3C17H25NOSi.Bi/c3*1-17(2,3)12-10-16(19-20(4)5)18-13-11-14-8-6-7-9-15(14)18;/h3*7-9,11,13,16H,10,12H2,1-5H3;. The first-order valence-electron chi connectivity index (χ1n) is 22.6.